The van der Waals surface area contributed by atoms with Crippen LogP contribution in [-0.4, -0.2) is 31.6 Å². The first-order chi connectivity index (χ1) is 16.4. The molecule has 3 N–H and O–H groups in total. The molecule has 1 heterocycles. The van der Waals surface area contributed by atoms with Gasteiger partial charge in [0.25, 0.3) is 5.91 Å². The summed E-state index contributed by atoms with van der Waals surface area (Å²) >= 11 is 0. The molecule has 0 bridgehead atoms. The number of nitrogens with two attached hydrogens (primary N) is 1. The van der Waals surface area contributed by atoms with Gasteiger partial charge in [-0.15, -0.1) is 0 Å². The Morgan fingerprint density at radius 3 is 2.09 bits per heavy atom. The Bertz CT molecular complexity index is 1130. The lowest BCUT2D eigenvalue weighted by Crippen LogP contribution is -2.31. The molecule has 1 aliphatic rings. The lowest BCUT2D eigenvalue weighted by molar-refractivity contribution is 0.0946. The third kappa shape index (κ3) is 9.40. The molecule has 1 aliphatic heterocycles. The fourth-order valence-electron chi connectivity index (χ4n) is 3.18. The molecule has 0 unspecified atom stereocenters. The number of fused-ring (bicyclic) bond motifs is 1. The van der Waals surface area contributed by atoms with Crippen LogP contribution in [0.1, 0.15) is 27.0 Å². The van der Waals surface area contributed by atoms with E-state index in [0.717, 1.165) is 29.5 Å². The molecule has 1 amide bonds. The summed E-state index contributed by atoms with van der Waals surface area (Å²) in [5.41, 5.74) is 8.49. The molecule has 3 aromatic carbocycles. The summed E-state index contributed by atoms with van der Waals surface area (Å²) in [7, 11) is 0. The number of aliphatic imine (C=N–C) groups is 1. The highest BCUT2D eigenvalue weighted by Crippen LogP contribution is 2.14. The van der Waals surface area contributed by atoms with Crippen molar-refractivity contribution in [3.63, 3.8) is 0 Å². The van der Waals surface area contributed by atoms with Gasteiger partial charge in [0.2, 0.25) is 6.08 Å². The van der Waals surface area contributed by atoms with E-state index in [2.05, 4.69) is 10.3 Å². The summed E-state index contributed by atoms with van der Waals surface area (Å²) < 4.78 is 37.7. The van der Waals surface area contributed by atoms with E-state index in [0.29, 0.717) is 31.6 Å². The standard InChI is InChI=1S/2C9H8FNO.C8H10FN/c10-7-1-2-8-6(5-7)3-4-11-9(8)12;10-9-3-1-2-8(6-9)4-5-11-7-12;9-8-3-1-2-7(6-8)4-5-10/h1-2,5H,3-4H2,(H,11,12);1-3,6H,4-5H2;1-3,6H,4-5,10H2. The third-order valence-corrected chi connectivity index (χ3v) is 4.78. The molecule has 178 valence electrons. The van der Waals surface area contributed by atoms with Crippen LogP contribution in [0.4, 0.5) is 13.2 Å². The first-order valence-corrected chi connectivity index (χ1v) is 10.7. The molecule has 0 saturated heterocycles. The Balaban J connectivity index is 0.000000181. The van der Waals surface area contributed by atoms with Crippen molar-refractivity contribution in [1.29, 1.82) is 0 Å². The highest BCUT2D eigenvalue weighted by Gasteiger charge is 2.15. The van der Waals surface area contributed by atoms with Crippen LogP contribution in [0.2, 0.25) is 0 Å². The fourth-order valence-corrected chi connectivity index (χ4v) is 3.18. The molecule has 4 rings (SSSR count). The minimum atomic E-state index is -0.275. The fraction of sp³-hybridized carbons (Fsp3) is 0.231. The van der Waals surface area contributed by atoms with Gasteiger partial charge in [0.05, 0.1) is 6.54 Å². The van der Waals surface area contributed by atoms with E-state index in [1.165, 1.54) is 48.5 Å². The zero-order valence-corrected chi connectivity index (χ0v) is 18.6. The normalized spacial score (nSPS) is 11.5. The second-order valence-corrected chi connectivity index (χ2v) is 7.33. The second-order valence-electron chi connectivity index (χ2n) is 7.33. The minimum absolute atomic E-state index is 0.101. The van der Waals surface area contributed by atoms with E-state index in [4.69, 9.17) is 5.73 Å². The largest absolute Gasteiger partial charge is 0.352 e. The predicted octanol–water partition coefficient (Wildman–Crippen LogP) is 4.14. The van der Waals surface area contributed by atoms with Crippen LogP contribution in [0.25, 0.3) is 0 Å². The monoisotopic (exact) mass is 469 g/mol. The van der Waals surface area contributed by atoms with Gasteiger partial charge in [0, 0.05) is 12.1 Å². The number of isocyanates is 1. The van der Waals surface area contributed by atoms with Gasteiger partial charge in [-0.1, -0.05) is 24.3 Å². The van der Waals surface area contributed by atoms with E-state index in [1.54, 1.807) is 18.2 Å². The number of carbonyl (C=O) groups is 1. The summed E-state index contributed by atoms with van der Waals surface area (Å²) in [6, 6.07) is 17.0. The maximum atomic E-state index is 12.7. The highest BCUT2D eigenvalue weighted by molar-refractivity contribution is 5.96. The van der Waals surface area contributed by atoms with E-state index in [-0.39, 0.29) is 23.4 Å². The predicted molar refractivity (Wildman–Crippen MR) is 125 cm³/mol. The van der Waals surface area contributed by atoms with Crippen molar-refractivity contribution in [3.05, 3.63) is 106 Å². The molecular formula is C26H26F3N3O2. The van der Waals surface area contributed by atoms with Crippen molar-refractivity contribution in [1.82, 2.24) is 5.32 Å². The Labute approximate surface area is 196 Å². The van der Waals surface area contributed by atoms with Gasteiger partial charge < -0.3 is 11.1 Å². The average Bonchev–Trinajstić information content (AvgIpc) is 2.81. The Morgan fingerprint density at radius 1 is 0.882 bits per heavy atom. The van der Waals surface area contributed by atoms with E-state index >= 15 is 0 Å². The van der Waals surface area contributed by atoms with Crippen molar-refractivity contribution in [2.75, 3.05) is 19.6 Å². The maximum absolute atomic E-state index is 12.7. The quantitative estimate of drug-likeness (QED) is 0.435. The molecule has 0 aromatic heterocycles. The van der Waals surface area contributed by atoms with Crippen molar-refractivity contribution in [2.24, 2.45) is 10.7 Å². The van der Waals surface area contributed by atoms with Crippen LogP contribution in [0.15, 0.2) is 71.7 Å². The average molecular weight is 470 g/mol. The van der Waals surface area contributed by atoms with Gasteiger partial charge in [-0.2, -0.15) is 0 Å². The summed E-state index contributed by atoms with van der Waals surface area (Å²) in [5.74, 6) is -0.826. The zero-order chi connectivity index (χ0) is 24.8. The van der Waals surface area contributed by atoms with Crippen LogP contribution in [0.3, 0.4) is 0 Å². The van der Waals surface area contributed by atoms with Gasteiger partial charge in [-0.25, -0.2) is 23.0 Å². The first-order valence-electron chi connectivity index (χ1n) is 10.7. The topological polar surface area (TPSA) is 84.5 Å². The summed E-state index contributed by atoms with van der Waals surface area (Å²) in [5, 5.41) is 2.70. The number of nitrogens with one attached hydrogen (secondary N) is 1. The van der Waals surface area contributed by atoms with Crippen molar-refractivity contribution >= 4 is 12.0 Å². The lowest BCUT2D eigenvalue weighted by Gasteiger charge is -2.15. The molecular weight excluding hydrogens is 443 g/mol. The van der Waals surface area contributed by atoms with E-state index < -0.39 is 0 Å². The number of benzene rings is 3. The molecule has 0 aliphatic carbocycles. The van der Waals surface area contributed by atoms with Crippen LogP contribution in [-0.2, 0) is 24.1 Å². The Hall–Kier alpha value is -3.74. The molecule has 0 atom stereocenters. The highest BCUT2D eigenvalue weighted by atomic mass is 19.1. The summed E-state index contributed by atoms with van der Waals surface area (Å²) in [6.07, 6.45) is 3.48. The molecule has 0 fully saturated rings. The number of rotatable bonds is 5. The third-order valence-electron chi connectivity index (χ3n) is 4.78. The van der Waals surface area contributed by atoms with Crippen LogP contribution < -0.4 is 11.1 Å². The maximum Gasteiger partial charge on any atom is 0.251 e. The number of halogens is 3. The molecule has 0 radical (unpaired) electrons. The number of carbonyl (C=O) groups excluding carboxylic acids is 2. The van der Waals surface area contributed by atoms with Crippen molar-refractivity contribution < 1.29 is 22.8 Å². The van der Waals surface area contributed by atoms with Gasteiger partial charge in [0.1, 0.15) is 17.5 Å². The Kier molecular flexibility index (Phi) is 11.2. The minimum Gasteiger partial charge on any atom is -0.352 e. The van der Waals surface area contributed by atoms with Gasteiger partial charge in [-0.05, 0) is 85.0 Å². The number of amides is 1. The SMILES string of the molecule is NCCc1cccc(F)c1.O=C1NCCc2cc(F)ccc21.O=C=NCCc1cccc(F)c1. The number of hydrogen-bond donors (Lipinski definition) is 2. The first kappa shape index (κ1) is 26.5. The molecule has 34 heavy (non-hydrogen) atoms. The van der Waals surface area contributed by atoms with Crippen molar-refractivity contribution in [3.8, 4) is 0 Å². The van der Waals surface area contributed by atoms with E-state index in [1.807, 2.05) is 6.07 Å². The second kappa shape index (κ2) is 14.4. The van der Waals surface area contributed by atoms with Gasteiger partial charge >= 0.3 is 0 Å². The van der Waals surface area contributed by atoms with Gasteiger partial charge in [-0.3, -0.25) is 4.79 Å². The summed E-state index contributed by atoms with van der Waals surface area (Å²) in [6.45, 7) is 1.55. The molecule has 0 spiro atoms. The number of nitrogens with zero attached hydrogens (tertiary/aromatic N) is 1. The lowest BCUT2D eigenvalue weighted by atomic mass is 10.0. The summed E-state index contributed by atoms with van der Waals surface area (Å²) in [4.78, 5) is 24.2. The zero-order valence-electron chi connectivity index (χ0n) is 18.6. The Morgan fingerprint density at radius 2 is 1.50 bits per heavy atom. The molecule has 0 saturated carbocycles. The van der Waals surface area contributed by atoms with Crippen LogP contribution >= 0.6 is 0 Å². The molecule has 8 heteroatoms. The smallest absolute Gasteiger partial charge is 0.251 e. The van der Waals surface area contributed by atoms with Crippen LogP contribution in [0, 0.1) is 17.5 Å². The van der Waals surface area contributed by atoms with Gasteiger partial charge in [0.15, 0.2) is 0 Å². The number of hydrogen-bond acceptors (Lipinski definition) is 4. The van der Waals surface area contributed by atoms with Crippen molar-refractivity contribution in [2.45, 2.75) is 19.3 Å². The molecule has 5 nitrogen and oxygen atoms in total. The van der Waals surface area contributed by atoms with E-state index in [9.17, 15) is 22.8 Å². The van der Waals surface area contributed by atoms with Crippen LogP contribution in [0.5, 0.6) is 0 Å². The molecule has 3 aromatic rings.